The molecule has 0 bridgehead atoms. The molecule has 0 atom stereocenters. The van der Waals surface area contributed by atoms with Crippen LogP contribution in [0.25, 0.3) is 11.1 Å². The predicted molar refractivity (Wildman–Crippen MR) is 99.7 cm³/mol. The summed E-state index contributed by atoms with van der Waals surface area (Å²) in [6.45, 7) is 2.71. The third kappa shape index (κ3) is 2.92. The van der Waals surface area contributed by atoms with Gasteiger partial charge in [0.1, 0.15) is 23.2 Å². The van der Waals surface area contributed by atoms with Crippen molar-refractivity contribution < 1.29 is 18.0 Å². The summed E-state index contributed by atoms with van der Waals surface area (Å²) in [5, 5.41) is 2.47. The van der Waals surface area contributed by atoms with Gasteiger partial charge in [0.05, 0.1) is 5.56 Å². The lowest BCUT2D eigenvalue weighted by atomic mass is 10.1. The van der Waals surface area contributed by atoms with Crippen molar-refractivity contribution in [2.45, 2.75) is 19.8 Å². The lowest BCUT2D eigenvalue weighted by Gasteiger charge is -2.19. The number of rotatable bonds is 3. The van der Waals surface area contributed by atoms with Crippen LogP contribution in [0.1, 0.15) is 29.0 Å². The summed E-state index contributed by atoms with van der Waals surface area (Å²) < 4.78 is 35.6. The van der Waals surface area contributed by atoms with E-state index in [4.69, 9.17) is 4.42 Å². The number of anilines is 2. The molecule has 0 saturated carbocycles. The van der Waals surface area contributed by atoms with Crippen molar-refractivity contribution in [1.82, 2.24) is 9.55 Å². The highest BCUT2D eigenvalue weighted by Gasteiger charge is 2.25. The normalized spacial score (nSPS) is 14.1. The van der Waals surface area contributed by atoms with Crippen LogP contribution in [0.5, 0.6) is 0 Å². The van der Waals surface area contributed by atoms with Crippen molar-refractivity contribution in [3.05, 3.63) is 51.8 Å². The number of benzene rings is 1. The Morgan fingerprint density at radius 2 is 1.86 bits per heavy atom. The van der Waals surface area contributed by atoms with E-state index in [0.29, 0.717) is 13.1 Å². The quantitative estimate of drug-likeness (QED) is 0.746. The van der Waals surface area contributed by atoms with Gasteiger partial charge in [-0.05, 0) is 31.9 Å². The molecule has 1 aromatic carbocycles. The van der Waals surface area contributed by atoms with Crippen LogP contribution >= 0.6 is 0 Å². The first-order valence-corrected chi connectivity index (χ1v) is 8.87. The van der Waals surface area contributed by atoms with Crippen molar-refractivity contribution in [2.75, 3.05) is 23.3 Å². The van der Waals surface area contributed by atoms with Crippen molar-refractivity contribution in [1.29, 1.82) is 0 Å². The van der Waals surface area contributed by atoms with Gasteiger partial charge in [-0.3, -0.25) is 9.59 Å². The first kappa shape index (κ1) is 18.1. The molecule has 1 aliphatic rings. The summed E-state index contributed by atoms with van der Waals surface area (Å²) in [6, 6.07) is 2.14. The summed E-state index contributed by atoms with van der Waals surface area (Å²) in [6.07, 6.45) is 3.05. The molecular formula is C19H18F2N4O3. The Hall–Kier alpha value is -3.23. The Balaban J connectivity index is 1.70. The van der Waals surface area contributed by atoms with Gasteiger partial charge in [0.15, 0.2) is 11.6 Å². The molecule has 0 spiro atoms. The molecule has 2 aromatic heterocycles. The van der Waals surface area contributed by atoms with Crippen LogP contribution in [0.3, 0.4) is 0 Å². The number of fused-ring (bicyclic) bond motifs is 1. The second kappa shape index (κ2) is 6.74. The maximum atomic E-state index is 14.5. The largest absolute Gasteiger partial charge is 0.442 e. The van der Waals surface area contributed by atoms with E-state index < -0.39 is 23.1 Å². The molecule has 0 radical (unpaired) electrons. The molecule has 0 unspecified atom stereocenters. The minimum atomic E-state index is -0.747. The van der Waals surface area contributed by atoms with Gasteiger partial charge in [0, 0.05) is 25.8 Å². The molecule has 1 fully saturated rings. The minimum absolute atomic E-state index is 0.00636. The fraction of sp³-hybridized carbons (Fsp3) is 0.316. The summed E-state index contributed by atoms with van der Waals surface area (Å²) >= 11 is 0. The number of hydrogen-bond donors (Lipinski definition) is 1. The van der Waals surface area contributed by atoms with E-state index in [-0.39, 0.29) is 33.8 Å². The number of carbonyl (C=O) groups excluding carboxylic acids is 1. The Morgan fingerprint density at radius 3 is 2.50 bits per heavy atom. The van der Waals surface area contributed by atoms with E-state index in [1.165, 1.54) is 24.9 Å². The molecule has 4 rings (SSSR count). The Morgan fingerprint density at radius 1 is 1.21 bits per heavy atom. The van der Waals surface area contributed by atoms with Crippen molar-refractivity contribution >= 4 is 28.4 Å². The third-order valence-corrected chi connectivity index (χ3v) is 4.87. The lowest BCUT2D eigenvalue weighted by Crippen LogP contribution is -2.22. The van der Waals surface area contributed by atoms with E-state index in [2.05, 4.69) is 10.3 Å². The van der Waals surface area contributed by atoms with Gasteiger partial charge in [-0.2, -0.15) is 0 Å². The maximum Gasteiger partial charge on any atom is 0.265 e. The second-order valence-corrected chi connectivity index (χ2v) is 6.81. The first-order valence-electron chi connectivity index (χ1n) is 8.87. The fourth-order valence-electron chi connectivity index (χ4n) is 3.53. The zero-order valence-electron chi connectivity index (χ0n) is 15.4. The Labute approximate surface area is 158 Å². The van der Waals surface area contributed by atoms with Crippen LogP contribution in [0, 0.1) is 18.6 Å². The highest BCUT2D eigenvalue weighted by atomic mass is 19.1. The molecule has 1 amide bonds. The summed E-state index contributed by atoms with van der Waals surface area (Å²) in [7, 11) is 1.50. The van der Waals surface area contributed by atoms with Crippen LogP contribution in [-0.2, 0) is 7.05 Å². The third-order valence-electron chi connectivity index (χ3n) is 4.87. The second-order valence-electron chi connectivity index (χ2n) is 6.81. The van der Waals surface area contributed by atoms with Gasteiger partial charge >= 0.3 is 0 Å². The Kier molecular flexibility index (Phi) is 4.37. The van der Waals surface area contributed by atoms with Gasteiger partial charge in [0.25, 0.3) is 11.5 Å². The van der Waals surface area contributed by atoms with Crippen molar-refractivity contribution in [3.8, 4) is 0 Å². The Bertz CT molecular complexity index is 1120. The smallest absolute Gasteiger partial charge is 0.265 e. The summed E-state index contributed by atoms with van der Waals surface area (Å²) in [5.41, 5.74) is -0.551. The molecule has 7 nitrogen and oxygen atoms in total. The average molecular weight is 388 g/mol. The van der Waals surface area contributed by atoms with Gasteiger partial charge in [-0.1, -0.05) is 0 Å². The van der Waals surface area contributed by atoms with E-state index in [9.17, 15) is 18.4 Å². The van der Waals surface area contributed by atoms with E-state index in [1.807, 2.05) is 0 Å². The molecule has 0 aliphatic carbocycles. The number of halogens is 2. The fourth-order valence-corrected chi connectivity index (χ4v) is 3.53. The average Bonchev–Trinajstić information content (AvgIpc) is 3.25. The van der Waals surface area contributed by atoms with Gasteiger partial charge in [0.2, 0.25) is 5.71 Å². The van der Waals surface area contributed by atoms with E-state index >= 15 is 0 Å². The highest BCUT2D eigenvalue weighted by Crippen LogP contribution is 2.30. The van der Waals surface area contributed by atoms with Crippen LogP contribution in [0.15, 0.2) is 27.7 Å². The molecule has 1 saturated heterocycles. The van der Waals surface area contributed by atoms with Gasteiger partial charge in [-0.25, -0.2) is 13.8 Å². The van der Waals surface area contributed by atoms with Crippen LogP contribution in [0.2, 0.25) is 0 Å². The van der Waals surface area contributed by atoms with Crippen molar-refractivity contribution in [3.63, 3.8) is 0 Å². The SMILES string of the molecule is Cc1oc2ncn(C)c(=O)c2c1C(=O)Nc1cc(F)c(N2CCCC2)c(F)c1. The number of amides is 1. The molecular weight excluding hydrogens is 370 g/mol. The number of aryl methyl sites for hydroxylation is 2. The molecule has 3 heterocycles. The van der Waals surface area contributed by atoms with Gasteiger partial charge in [-0.15, -0.1) is 0 Å². The zero-order valence-corrected chi connectivity index (χ0v) is 15.4. The zero-order chi connectivity index (χ0) is 20.0. The number of aromatic nitrogens is 2. The molecule has 1 N–H and O–H groups in total. The number of nitrogens with one attached hydrogen (secondary N) is 1. The molecule has 146 valence electrons. The standard InChI is InChI=1S/C19H18F2N4O3/c1-10-14(15-18(28-10)22-9-24(2)19(15)27)17(26)23-11-7-12(20)16(13(21)8-11)25-5-3-4-6-25/h7-9H,3-6H2,1-2H3,(H,23,26). The monoisotopic (exact) mass is 388 g/mol. The molecule has 1 aliphatic heterocycles. The maximum absolute atomic E-state index is 14.5. The summed E-state index contributed by atoms with van der Waals surface area (Å²) in [4.78, 5) is 30.8. The highest BCUT2D eigenvalue weighted by molar-refractivity contribution is 6.12. The van der Waals surface area contributed by atoms with Crippen LogP contribution in [0.4, 0.5) is 20.2 Å². The predicted octanol–water partition coefficient (Wildman–Crippen LogP) is 2.97. The number of furan rings is 1. The minimum Gasteiger partial charge on any atom is -0.442 e. The number of nitrogens with zero attached hydrogens (tertiary/aromatic N) is 3. The first-order chi connectivity index (χ1) is 13.4. The number of hydrogen-bond acceptors (Lipinski definition) is 5. The molecule has 9 heteroatoms. The number of carbonyl (C=O) groups is 1. The van der Waals surface area contributed by atoms with Crippen LogP contribution < -0.4 is 15.8 Å². The van der Waals surface area contributed by atoms with Crippen LogP contribution in [-0.4, -0.2) is 28.5 Å². The topological polar surface area (TPSA) is 80.4 Å². The van der Waals surface area contributed by atoms with E-state index in [0.717, 1.165) is 25.0 Å². The lowest BCUT2D eigenvalue weighted by molar-refractivity contribution is 0.102. The summed E-state index contributed by atoms with van der Waals surface area (Å²) in [5.74, 6) is -2.00. The van der Waals surface area contributed by atoms with Gasteiger partial charge < -0.3 is 19.2 Å². The van der Waals surface area contributed by atoms with E-state index in [1.54, 1.807) is 4.90 Å². The molecule has 3 aromatic rings. The molecule has 28 heavy (non-hydrogen) atoms. The van der Waals surface area contributed by atoms with Crippen molar-refractivity contribution in [2.24, 2.45) is 7.05 Å².